The summed E-state index contributed by atoms with van der Waals surface area (Å²) in [4.78, 5) is 50.1. The number of amides is 2. The number of pyridine rings is 1. The molecular weight excluding hydrogens is 799 g/mol. The van der Waals surface area contributed by atoms with Gasteiger partial charge in [-0.1, -0.05) is 131 Å². The fourth-order valence-electron chi connectivity index (χ4n) is 9.22. The first-order valence-electron chi connectivity index (χ1n) is 24.6. The Morgan fingerprint density at radius 3 is 2.22 bits per heavy atom. The number of esters is 1. The van der Waals surface area contributed by atoms with Gasteiger partial charge >= 0.3 is 5.97 Å². The Hall–Kier alpha value is -4.38. The fourth-order valence-corrected chi connectivity index (χ4v) is 9.22. The monoisotopic (exact) mass is 878 g/mol. The van der Waals surface area contributed by atoms with Crippen LogP contribution in [0.1, 0.15) is 152 Å². The molecule has 1 aliphatic carbocycles. The molecule has 1 fully saturated rings. The normalized spacial score (nSPS) is 19.0. The van der Waals surface area contributed by atoms with Gasteiger partial charge in [0.2, 0.25) is 11.8 Å². The van der Waals surface area contributed by atoms with Crippen molar-refractivity contribution in [2.24, 2.45) is 5.92 Å². The van der Waals surface area contributed by atoms with Gasteiger partial charge in [0.1, 0.15) is 12.1 Å². The van der Waals surface area contributed by atoms with E-state index in [1.165, 1.54) is 51.4 Å². The highest BCUT2D eigenvalue weighted by molar-refractivity contribution is 5.83. The van der Waals surface area contributed by atoms with E-state index in [0.717, 1.165) is 60.9 Å². The zero-order chi connectivity index (χ0) is 45.6. The second-order valence-electron chi connectivity index (χ2n) is 19.4. The summed E-state index contributed by atoms with van der Waals surface area (Å²) in [6.07, 6.45) is 24.0. The number of β-amino-alcohol motifs (C(OH)–C–C–N with tert-alkyl or cyclic N) is 1. The van der Waals surface area contributed by atoms with Crippen molar-refractivity contribution < 1.29 is 24.2 Å². The van der Waals surface area contributed by atoms with Crippen LogP contribution < -0.4 is 10.6 Å². The zero-order valence-corrected chi connectivity index (χ0v) is 39.5. The number of rotatable bonds is 27. The number of unbranched alkanes of at least 4 members (excludes halogenated alkanes) is 11. The smallest absolute Gasteiger partial charge is 0.306 e. The SMILES string of the molecule is CCCCCCCC/C=C\CCCCCCCC(=O)O[C@@H]1Cc2ccccc2[C@@H]1NC(=O)[C@H](Cc1ccccc1)C[C@H](O)CN1CCN(Cc2cccnc2)C[C@H]1C(=O)NC(C)(C)C. The molecule has 10 heteroatoms. The van der Waals surface area contributed by atoms with E-state index in [2.05, 4.69) is 44.5 Å². The molecule has 2 aromatic carbocycles. The van der Waals surface area contributed by atoms with Crippen molar-refractivity contribution in [2.45, 2.75) is 173 Å². The van der Waals surface area contributed by atoms with Gasteiger partial charge in [0, 0.05) is 69.4 Å². The van der Waals surface area contributed by atoms with Crippen molar-refractivity contribution in [3.63, 3.8) is 0 Å². The summed E-state index contributed by atoms with van der Waals surface area (Å²) < 4.78 is 6.16. The summed E-state index contributed by atoms with van der Waals surface area (Å²) in [5, 5.41) is 18.3. The van der Waals surface area contributed by atoms with Crippen LogP contribution in [0.15, 0.2) is 91.3 Å². The molecule has 2 amide bonds. The standard InChI is InChI=1S/C54H79N5O5/c1-5-6-7-8-9-10-11-12-13-14-15-16-17-18-22-31-50(61)64-49-37-44-29-23-24-30-47(44)51(49)56-52(62)45(35-42-26-20-19-21-27-42)36-46(60)40-59-34-33-58(39-43-28-25-32-55-38-43)41-48(59)53(63)57-54(2,3)4/h12-13,19-21,23-30,32,38,45-46,48-49,51,60H,5-11,14-18,22,31,33-37,39-41H2,1-4H3,(H,56,62)(H,57,63)/b13-12-/t45-,46+,48+,49-,51+/m1/s1. The van der Waals surface area contributed by atoms with Crippen LogP contribution in [0, 0.1) is 5.92 Å². The molecule has 10 nitrogen and oxygen atoms in total. The maximum absolute atomic E-state index is 14.5. The summed E-state index contributed by atoms with van der Waals surface area (Å²) in [5.74, 6) is -1.05. The highest BCUT2D eigenvalue weighted by Gasteiger charge is 2.39. The predicted molar refractivity (Wildman–Crippen MR) is 257 cm³/mol. The number of nitrogens with one attached hydrogen (secondary N) is 2. The van der Waals surface area contributed by atoms with Crippen LogP contribution in [0.4, 0.5) is 0 Å². The van der Waals surface area contributed by atoms with Gasteiger partial charge in [-0.3, -0.25) is 29.2 Å². The van der Waals surface area contributed by atoms with Gasteiger partial charge in [-0.25, -0.2) is 0 Å². The van der Waals surface area contributed by atoms with Crippen molar-refractivity contribution >= 4 is 17.8 Å². The van der Waals surface area contributed by atoms with Crippen LogP contribution in [0.2, 0.25) is 0 Å². The van der Waals surface area contributed by atoms with E-state index in [4.69, 9.17) is 4.74 Å². The first-order valence-corrected chi connectivity index (χ1v) is 24.6. The second kappa shape index (κ2) is 27.2. The molecular formula is C54H79N5O5. The van der Waals surface area contributed by atoms with E-state index in [0.29, 0.717) is 38.9 Å². The molecule has 2 aliphatic rings. The van der Waals surface area contributed by atoms with Crippen molar-refractivity contribution in [1.82, 2.24) is 25.4 Å². The van der Waals surface area contributed by atoms with E-state index in [1.54, 1.807) is 6.20 Å². The Morgan fingerprint density at radius 1 is 0.844 bits per heavy atom. The Labute approximate surface area is 385 Å². The highest BCUT2D eigenvalue weighted by Crippen LogP contribution is 2.34. The second-order valence-corrected chi connectivity index (χ2v) is 19.4. The Balaban J connectivity index is 1.15. The van der Waals surface area contributed by atoms with Crippen molar-refractivity contribution in [3.05, 3.63) is 114 Å². The van der Waals surface area contributed by atoms with E-state index in [1.807, 2.05) is 93.7 Å². The van der Waals surface area contributed by atoms with Crippen molar-refractivity contribution in [3.8, 4) is 0 Å². The highest BCUT2D eigenvalue weighted by atomic mass is 16.5. The topological polar surface area (TPSA) is 124 Å². The minimum Gasteiger partial charge on any atom is -0.459 e. The van der Waals surface area contributed by atoms with Gasteiger partial charge in [0.25, 0.3) is 0 Å². The lowest BCUT2D eigenvalue weighted by molar-refractivity contribution is -0.151. The van der Waals surface area contributed by atoms with Gasteiger partial charge in [0.15, 0.2) is 0 Å². The number of aliphatic hydroxyl groups excluding tert-OH is 1. The molecule has 350 valence electrons. The molecule has 1 aliphatic heterocycles. The molecule has 2 heterocycles. The lowest BCUT2D eigenvalue weighted by atomic mass is 9.91. The first kappa shape index (κ1) is 50.6. The average Bonchev–Trinajstić information content (AvgIpc) is 3.61. The van der Waals surface area contributed by atoms with E-state index in [-0.39, 0.29) is 30.7 Å². The van der Waals surface area contributed by atoms with Gasteiger partial charge in [0.05, 0.1) is 12.1 Å². The third-order valence-electron chi connectivity index (χ3n) is 12.6. The summed E-state index contributed by atoms with van der Waals surface area (Å²) in [6.45, 7) is 11.0. The number of allylic oxidation sites excluding steroid dienone is 2. The van der Waals surface area contributed by atoms with Gasteiger partial charge in [-0.15, -0.1) is 0 Å². The molecule has 1 saturated heterocycles. The molecule has 64 heavy (non-hydrogen) atoms. The van der Waals surface area contributed by atoms with Crippen LogP contribution in [0.5, 0.6) is 0 Å². The number of hydrogen-bond donors (Lipinski definition) is 3. The Kier molecular flexibility index (Phi) is 21.5. The lowest BCUT2D eigenvalue weighted by Gasteiger charge is -2.42. The number of nitrogens with zero attached hydrogens (tertiary/aromatic N) is 3. The summed E-state index contributed by atoms with van der Waals surface area (Å²) in [5.41, 5.74) is 3.69. The number of hydrogen-bond acceptors (Lipinski definition) is 8. The molecule has 3 N–H and O–H groups in total. The van der Waals surface area contributed by atoms with Gasteiger partial charge < -0.3 is 20.5 Å². The largest absolute Gasteiger partial charge is 0.459 e. The molecule has 0 unspecified atom stereocenters. The number of benzene rings is 2. The minimum atomic E-state index is -0.870. The molecule has 0 bridgehead atoms. The van der Waals surface area contributed by atoms with E-state index < -0.39 is 35.7 Å². The fraction of sp³-hybridized carbons (Fsp3) is 0.593. The van der Waals surface area contributed by atoms with Crippen molar-refractivity contribution in [2.75, 3.05) is 26.2 Å². The maximum atomic E-state index is 14.5. The van der Waals surface area contributed by atoms with Crippen LogP contribution in [-0.4, -0.2) is 87.6 Å². The summed E-state index contributed by atoms with van der Waals surface area (Å²) >= 11 is 0. The van der Waals surface area contributed by atoms with Crippen LogP contribution in [0.3, 0.4) is 0 Å². The van der Waals surface area contributed by atoms with E-state index in [9.17, 15) is 19.5 Å². The van der Waals surface area contributed by atoms with Gasteiger partial charge in [-0.05, 0) is 94.0 Å². The molecule has 0 spiro atoms. The molecule has 3 aromatic rings. The molecule has 5 rings (SSSR count). The third-order valence-corrected chi connectivity index (χ3v) is 12.6. The minimum absolute atomic E-state index is 0.0769. The zero-order valence-electron chi connectivity index (χ0n) is 39.5. The van der Waals surface area contributed by atoms with Crippen LogP contribution in [-0.2, 0) is 38.5 Å². The molecule has 0 saturated carbocycles. The Bertz CT molecular complexity index is 1850. The molecule has 5 atom stereocenters. The summed E-state index contributed by atoms with van der Waals surface area (Å²) in [6, 6.07) is 20.9. The lowest BCUT2D eigenvalue weighted by Crippen LogP contribution is -2.61. The maximum Gasteiger partial charge on any atom is 0.306 e. The summed E-state index contributed by atoms with van der Waals surface area (Å²) in [7, 11) is 0. The molecule has 1 aromatic heterocycles. The number of ether oxygens (including phenoxy) is 1. The van der Waals surface area contributed by atoms with Crippen molar-refractivity contribution in [1.29, 1.82) is 0 Å². The number of fused-ring (bicyclic) bond motifs is 1. The first-order chi connectivity index (χ1) is 31.0. The Morgan fingerprint density at radius 2 is 1.52 bits per heavy atom. The number of carbonyl (C=O) groups excluding carboxylic acids is 3. The average molecular weight is 878 g/mol. The quantitative estimate of drug-likeness (QED) is 0.0394. The third kappa shape index (κ3) is 17.9. The molecule has 0 radical (unpaired) electrons. The van der Waals surface area contributed by atoms with E-state index >= 15 is 0 Å². The predicted octanol–water partition coefficient (Wildman–Crippen LogP) is 9.46. The number of aromatic nitrogens is 1. The van der Waals surface area contributed by atoms with Crippen LogP contribution in [0.25, 0.3) is 0 Å². The number of piperazine rings is 1. The van der Waals surface area contributed by atoms with Crippen LogP contribution >= 0.6 is 0 Å². The number of carbonyl (C=O) groups is 3. The van der Waals surface area contributed by atoms with Gasteiger partial charge in [-0.2, -0.15) is 0 Å². The number of aliphatic hydroxyl groups is 1.